The molecule has 0 saturated heterocycles. The lowest BCUT2D eigenvalue weighted by Gasteiger charge is -1.85. The Labute approximate surface area is 77.9 Å². The Balaban J connectivity index is 2.35. The van der Waals surface area contributed by atoms with E-state index >= 15 is 0 Å². The number of rotatable bonds is 2. The summed E-state index contributed by atoms with van der Waals surface area (Å²) >= 11 is 3.17. The van der Waals surface area contributed by atoms with E-state index in [1.807, 2.05) is 10.8 Å². The van der Waals surface area contributed by atoms with Crippen LogP contribution in [0.5, 0.6) is 0 Å². The lowest BCUT2D eigenvalue weighted by Crippen LogP contribution is -1.94. The molecular weight excluding hydrogens is 190 g/mol. The first kappa shape index (κ1) is 7.85. The van der Waals surface area contributed by atoms with Crippen molar-refractivity contribution in [3.05, 3.63) is 22.0 Å². The summed E-state index contributed by atoms with van der Waals surface area (Å²) in [6, 6.07) is 0. The second-order valence-electron chi connectivity index (χ2n) is 2.17. The van der Waals surface area contributed by atoms with Gasteiger partial charge < -0.3 is 5.73 Å². The molecule has 0 amide bonds. The van der Waals surface area contributed by atoms with Crippen LogP contribution in [0.3, 0.4) is 0 Å². The molecule has 0 aromatic carbocycles. The summed E-state index contributed by atoms with van der Waals surface area (Å²) in [6.45, 7) is 0.510. The van der Waals surface area contributed by atoms with Crippen molar-refractivity contribution in [3.8, 4) is 10.7 Å². The molecular formula is C7H7N3S2. The van der Waals surface area contributed by atoms with Gasteiger partial charge in [0.2, 0.25) is 0 Å². The monoisotopic (exact) mass is 197 g/mol. The van der Waals surface area contributed by atoms with Crippen LogP contribution < -0.4 is 5.73 Å². The van der Waals surface area contributed by atoms with Gasteiger partial charge in [0.25, 0.3) is 0 Å². The maximum absolute atomic E-state index is 5.45. The highest BCUT2D eigenvalue weighted by atomic mass is 32.1. The van der Waals surface area contributed by atoms with Crippen molar-refractivity contribution in [2.75, 3.05) is 0 Å². The SMILES string of the molecule is NCc1nc(-c2nccs2)cs1. The second kappa shape index (κ2) is 3.30. The molecule has 2 heterocycles. The highest BCUT2D eigenvalue weighted by Crippen LogP contribution is 2.23. The van der Waals surface area contributed by atoms with E-state index in [4.69, 9.17) is 5.73 Å². The fourth-order valence-electron chi connectivity index (χ4n) is 0.853. The Kier molecular flexibility index (Phi) is 2.16. The quantitative estimate of drug-likeness (QED) is 0.797. The second-order valence-corrected chi connectivity index (χ2v) is 4.01. The van der Waals surface area contributed by atoms with Crippen molar-refractivity contribution in [2.24, 2.45) is 5.73 Å². The molecule has 0 aliphatic heterocycles. The number of nitrogens with two attached hydrogens (primary N) is 1. The van der Waals surface area contributed by atoms with Gasteiger partial charge in [-0.1, -0.05) is 0 Å². The summed E-state index contributed by atoms with van der Waals surface area (Å²) in [6.07, 6.45) is 1.78. The molecule has 0 radical (unpaired) electrons. The zero-order chi connectivity index (χ0) is 8.39. The smallest absolute Gasteiger partial charge is 0.142 e. The van der Waals surface area contributed by atoms with Crippen molar-refractivity contribution in [1.82, 2.24) is 9.97 Å². The molecule has 0 unspecified atom stereocenters. The number of aromatic nitrogens is 2. The van der Waals surface area contributed by atoms with Crippen LogP contribution in [-0.2, 0) is 6.54 Å². The van der Waals surface area contributed by atoms with E-state index in [1.165, 1.54) is 0 Å². The number of hydrogen-bond donors (Lipinski definition) is 1. The Morgan fingerprint density at radius 3 is 2.92 bits per heavy atom. The van der Waals surface area contributed by atoms with Gasteiger partial charge in [-0.2, -0.15) is 0 Å². The van der Waals surface area contributed by atoms with Gasteiger partial charge in [0.1, 0.15) is 15.7 Å². The first-order valence-electron chi connectivity index (χ1n) is 3.44. The minimum Gasteiger partial charge on any atom is -0.325 e. The zero-order valence-corrected chi connectivity index (χ0v) is 7.86. The van der Waals surface area contributed by atoms with E-state index in [-0.39, 0.29) is 0 Å². The Morgan fingerprint density at radius 1 is 1.42 bits per heavy atom. The molecule has 0 bridgehead atoms. The molecule has 0 saturated carbocycles. The third kappa shape index (κ3) is 1.38. The van der Waals surface area contributed by atoms with Crippen molar-refractivity contribution in [3.63, 3.8) is 0 Å². The Morgan fingerprint density at radius 2 is 2.33 bits per heavy atom. The molecule has 2 rings (SSSR count). The van der Waals surface area contributed by atoms with Crippen molar-refractivity contribution in [1.29, 1.82) is 0 Å². The molecule has 62 valence electrons. The molecule has 12 heavy (non-hydrogen) atoms. The Bertz CT molecular complexity index is 352. The minimum atomic E-state index is 0.510. The summed E-state index contributed by atoms with van der Waals surface area (Å²) in [5.74, 6) is 0. The van der Waals surface area contributed by atoms with Crippen LogP contribution in [-0.4, -0.2) is 9.97 Å². The van der Waals surface area contributed by atoms with Crippen LogP contribution in [0.4, 0.5) is 0 Å². The molecule has 0 atom stereocenters. The molecule has 0 fully saturated rings. The first-order valence-corrected chi connectivity index (χ1v) is 5.20. The summed E-state index contributed by atoms with van der Waals surface area (Å²) in [5, 5.41) is 5.85. The highest BCUT2D eigenvalue weighted by molar-refractivity contribution is 7.14. The molecule has 2 N–H and O–H groups in total. The van der Waals surface area contributed by atoms with Crippen LogP contribution >= 0.6 is 22.7 Å². The molecule has 2 aromatic heterocycles. The molecule has 5 heteroatoms. The molecule has 0 aliphatic rings. The van der Waals surface area contributed by atoms with Crippen molar-refractivity contribution in [2.45, 2.75) is 6.54 Å². The summed E-state index contributed by atoms with van der Waals surface area (Å²) < 4.78 is 0. The van der Waals surface area contributed by atoms with E-state index in [9.17, 15) is 0 Å². The fraction of sp³-hybridized carbons (Fsp3) is 0.143. The third-order valence-corrected chi connectivity index (χ3v) is 3.04. The van der Waals surface area contributed by atoms with Gasteiger partial charge >= 0.3 is 0 Å². The lowest BCUT2D eigenvalue weighted by molar-refractivity contribution is 1.04. The maximum atomic E-state index is 5.45. The van der Waals surface area contributed by atoms with Crippen molar-refractivity contribution >= 4 is 22.7 Å². The van der Waals surface area contributed by atoms with Gasteiger partial charge in [-0.15, -0.1) is 22.7 Å². The van der Waals surface area contributed by atoms with Crippen LogP contribution in [0.25, 0.3) is 10.7 Å². The summed E-state index contributed by atoms with van der Waals surface area (Å²) in [4.78, 5) is 8.47. The summed E-state index contributed by atoms with van der Waals surface area (Å²) in [7, 11) is 0. The fourth-order valence-corrected chi connectivity index (χ4v) is 2.18. The number of hydrogen-bond acceptors (Lipinski definition) is 5. The predicted molar refractivity (Wildman–Crippen MR) is 51.1 cm³/mol. The van der Waals surface area contributed by atoms with E-state index in [2.05, 4.69) is 9.97 Å². The van der Waals surface area contributed by atoms with E-state index in [0.717, 1.165) is 15.7 Å². The first-order chi connectivity index (χ1) is 5.90. The van der Waals surface area contributed by atoms with E-state index < -0.39 is 0 Å². The van der Waals surface area contributed by atoms with Crippen LogP contribution in [0.1, 0.15) is 5.01 Å². The predicted octanol–water partition coefficient (Wildman–Crippen LogP) is 1.73. The number of nitrogens with zero attached hydrogens (tertiary/aromatic N) is 2. The van der Waals surface area contributed by atoms with Gasteiger partial charge in [-0.3, -0.25) is 0 Å². The zero-order valence-electron chi connectivity index (χ0n) is 6.23. The van der Waals surface area contributed by atoms with Crippen LogP contribution in [0, 0.1) is 0 Å². The standard InChI is InChI=1S/C7H7N3S2/c8-3-6-10-5(4-12-6)7-9-1-2-11-7/h1-2,4H,3,8H2. The van der Waals surface area contributed by atoms with Crippen LogP contribution in [0.15, 0.2) is 17.0 Å². The van der Waals surface area contributed by atoms with Gasteiger partial charge in [0.05, 0.1) is 0 Å². The van der Waals surface area contributed by atoms with Crippen LogP contribution in [0.2, 0.25) is 0 Å². The van der Waals surface area contributed by atoms with Gasteiger partial charge in [0.15, 0.2) is 0 Å². The van der Waals surface area contributed by atoms with Crippen molar-refractivity contribution < 1.29 is 0 Å². The summed E-state index contributed by atoms with van der Waals surface area (Å²) in [5.41, 5.74) is 6.39. The molecule has 0 spiro atoms. The average Bonchev–Trinajstić information content (AvgIpc) is 2.75. The minimum absolute atomic E-state index is 0.510. The molecule has 0 aliphatic carbocycles. The Hall–Kier alpha value is -0.780. The topological polar surface area (TPSA) is 51.8 Å². The van der Waals surface area contributed by atoms with Gasteiger partial charge in [0, 0.05) is 23.5 Å². The largest absolute Gasteiger partial charge is 0.325 e. The maximum Gasteiger partial charge on any atom is 0.142 e. The third-order valence-electron chi connectivity index (χ3n) is 1.38. The molecule has 2 aromatic rings. The molecule has 3 nitrogen and oxygen atoms in total. The van der Waals surface area contributed by atoms with Gasteiger partial charge in [-0.05, 0) is 0 Å². The number of thiazole rings is 2. The normalized spacial score (nSPS) is 10.4. The average molecular weight is 197 g/mol. The lowest BCUT2D eigenvalue weighted by atomic mass is 10.5. The van der Waals surface area contributed by atoms with E-state index in [1.54, 1.807) is 28.9 Å². The van der Waals surface area contributed by atoms with Gasteiger partial charge in [-0.25, -0.2) is 9.97 Å². The van der Waals surface area contributed by atoms with E-state index in [0.29, 0.717) is 6.54 Å². The highest BCUT2D eigenvalue weighted by Gasteiger charge is 2.04.